The Hall–Kier alpha value is -3.78. The van der Waals surface area contributed by atoms with E-state index in [1.54, 1.807) is 0 Å². The fraction of sp³-hybridized carbons (Fsp3) is 0.133. The van der Waals surface area contributed by atoms with Crippen molar-refractivity contribution in [2.45, 2.75) is 27.7 Å². The number of aryl methyl sites for hydroxylation is 4. The number of rotatable bonds is 2. The third-order valence-electron chi connectivity index (χ3n) is 5.76. The molecular formula is C30H26O2. The van der Waals surface area contributed by atoms with Gasteiger partial charge in [0.1, 0.15) is 0 Å². The molecule has 0 bridgehead atoms. The molecule has 2 nitrogen and oxygen atoms in total. The maximum atomic E-state index is 12.1. The first-order valence-corrected chi connectivity index (χ1v) is 10.8. The summed E-state index contributed by atoms with van der Waals surface area (Å²) in [7, 11) is 0. The van der Waals surface area contributed by atoms with Gasteiger partial charge in [-0.25, -0.2) is 0 Å². The summed E-state index contributed by atoms with van der Waals surface area (Å²) in [5.41, 5.74) is 10.1. The average molecular weight is 419 g/mol. The third kappa shape index (κ3) is 4.31. The van der Waals surface area contributed by atoms with Crippen LogP contribution in [0.15, 0.2) is 84.9 Å². The van der Waals surface area contributed by atoms with Crippen LogP contribution >= 0.6 is 0 Å². The normalized spacial score (nSPS) is 11.3. The molecule has 2 heteroatoms. The summed E-state index contributed by atoms with van der Waals surface area (Å²) in [6.07, 6.45) is 0. The molecular weight excluding hydrogens is 392 g/mol. The average Bonchev–Trinajstić information content (AvgIpc) is 3.05. The van der Waals surface area contributed by atoms with Gasteiger partial charge in [0.2, 0.25) is 0 Å². The maximum absolute atomic E-state index is 12.1. The van der Waals surface area contributed by atoms with Crippen molar-refractivity contribution in [1.82, 2.24) is 0 Å². The minimum Gasteiger partial charge on any atom is -0.289 e. The topological polar surface area (TPSA) is 34.1 Å². The number of benzene rings is 4. The Balaban J connectivity index is 0.000000153. The first-order valence-electron chi connectivity index (χ1n) is 10.8. The van der Waals surface area contributed by atoms with Gasteiger partial charge in [0.25, 0.3) is 0 Å². The van der Waals surface area contributed by atoms with Gasteiger partial charge < -0.3 is 0 Å². The van der Waals surface area contributed by atoms with Crippen molar-refractivity contribution >= 4 is 11.6 Å². The highest BCUT2D eigenvalue weighted by atomic mass is 16.1. The molecule has 0 atom stereocenters. The van der Waals surface area contributed by atoms with Crippen LogP contribution < -0.4 is 0 Å². The van der Waals surface area contributed by atoms with Crippen molar-refractivity contribution in [3.8, 4) is 11.1 Å². The molecule has 4 aromatic carbocycles. The molecule has 0 N–H and O–H groups in total. The Morgan fingerprint density at radius 1 is 0.469 bits per heavy atom. The highest BCUT2D eigenvalue weighted by molar-refractivity contribution is 6.21. The van der Waals surface area contributed by atoms with Gasteiger partial charge in [0, 0.05) is 22.3 Å². The standard InChI is InChI=1S/C15H12O.C15H14O/c1-9-3-5-11-13(7-9)14-8-10(2)4-6-12(14)15(11)16;1-11-3-7-13(8-4-11)15(16)14-9-5-12(2)6-10-14/h3-8H,1-2H3;3-10H,1-2H3. The van der Waals surface area contributed by atoms with Gasteiger partial charge >= 0.3 is 0 Å². The van der Waals surface area contributed by atoms with Crippen LogP contribution in [0.4, 0.5) is 0 Å². The van der Waals surface area contributed by atoms with E-state index in [-0.39, 0.29) is 11.6 Å². The van der Waals surface area contributed by atoms with Crippen LogP contribution in [0.1, 0.15) is 54.1 Å². The van der Waals surface area contributed by atoms with Gasteiger partial charge in [-0.1, -0.05) is 107 Å². The first kappa shape index (κ1) is 21.5. The van der Waals surface area contributed by atoms with Crippen LogP contribution in [-0.2, 0) is 0 Å². The molecule has 0 amide bonds. The van der Waals surface area contributed by atoms with Crippen molar-refractivity contribution in [2.24, 2.45) is 0 Å². The lowest BCUT2D eigenvalue weighted by atomic mass is 10.0. The summed E-state index contributed by atoms with van der Waals surface area (Å²) in [4.78, 5) is 24.2. The van der Waals surface area contributed by atoms with E-state index >= 15 is 0 Å². The van der Waals surface area contributed by atoms with Crippen molar-refractivity contribution in [3.05, 3.63) is 129 Å². The van der Waals surface area contributed by atoms with Crippen molar-refractivity contribution in [1.29, 1.82) is 0 Å². The van der Waals surface area contributed by atoms with E-state index in [4.69, 9.17) is 0 Å². The Labute approximate surface area is 189 Å². The molecule has 0 aromatic heterocycles. The third-order valence-corrected chi connectivity index (χ3v) is 5.76. The van der Waals surface area contributed by atoms with Crippen molar-refractivity contribution < 1.29 is 9.59 Å². The van der Waals surface area contributed by atoms with Crippen LogP contribution in [0, 0.1) is 27.7 Å². The number of hydrogen-bond donors (Lipinski definition) is 0. The van der Waals surface area contributed by atoms with Gasteiger partial charge in [-0.3, -0.25) is 9.59 Å². The minimum atomic E-state index is 0.0833. The fourth-order valence-electron chi connectivity index (χ4n) is 3.88. The van der Waals surface area contributed by atoms with Gasteiger partial charge in [-0.15, -0.1) is 0 Å². The van der Waals surface area contributed by atoms with E-state index in [2.05, 4.69) is 26.0 Å². The lowest BCUT2D eigenvalue weighted by molar-refractivity contribution is 0.103. The van der Waals surface area contributed by atoms with E-state index in [1.807, 2.05) is 86.6 Å². The summed E-state index contributed by atoms with van der Waals surface area (Å²) in [5, 5.41) is 0. The Morgan fingerprint density at radius 3 is 1.19 bits per heavy atom. The second-order valence-corrected chi connectivity index (χ2v) is 8.49. The molecule has 0 aliphatic heterocycles. The fourth-order valence-corrected chi connectivity index (χ4v) is 3.88. The van der Waals surface area contributed by atoms with Gasteiger partial charge in [0.05, 0.1) is 0 Å². The van der Waals surface area contributed by atoms with Crippen LogP contribution in [0.2, 0.25) is 0 Å². The zero-order chi connectivity index (χ0) is 22.8. The SMILES string of the molecule is Cc1ccc(C(=O)c2ccc(C)cc2)cc1.Cc1ccc2c(c1)-c1cc(C)ccc1C2=O. The predicted octanol–water partition coefficient (Wildman–Crippen LogP) is 7.05. The lowest BCUT2D eigenvalue weighted by Gasteiger charge is -2.02. The molecule has 4 aromatic rings. The number of ketones is 2. The zero-order valence-electron chi connectivity index (χ0n) is 18.9. The highest BCUT2D eigenvalue weighted by Gasteiger charge is 2.26. The molecule has 0 saturated carbocycles. The lowest BCUT2D eigenvalue weighted by Crippen LogP contribution is -2.00. The highest BCUT2D eigenvalue weighted by Crippen LogP contribution is 2.37. The number of carbonyl (C=O) groups is 2. The first-order chi connectivity index (χ1) is 15.3. The monoisotopic (exact) mass is 418 g/mol. The maximum Gasteiger partial charge on any atom is 0.194 e. The molecule has 0 unspecified atom stereocenters. The molecule has 1 aliphatic rings. The van der Waals surface area contributed by atoms with Crippen LogP contribution in [0.25, 0.3) is 11.1 Å². The summed E-state index contributed by atoms with van der Waals surface area (Å²) in [5.74, 6) is 0.241. The van der Waals surface area contributed by atoms with Gasteiger partial charge in [-0.2, -0.15) is 0 Å². The second-order valence-electron chi connectivity index (χ2n) is 8.49. The van der Waals surface area contributed by atoms with E-state index in [9.17, 15) is 9.59 Å². The molecule has 5 rings (SSSR count). The molecule has 1 aliphatic carbocycles. The van der Waals surface area contributed by atoms with Crippen LogP contribution in [-0.4, -0.2) is 11.6 Å². The quantitative estimate of drug-likeness (QED) is 0.288. The molecule has 0 saturated heterocycles. The molecule has 0 fully saturated rings. The minimum absolute atomic E-state index is 0.0833. The van der Waals surface area contributed by atoms with E-state index < -0.39 is 0 Å². The van der Waals surface area contributed by atoms with Crippen LogP contribution in [0.3, 0.4) is 0 Å². The Bertz CT molecular complexity index is 1210. The summed E-state index contributed by atoms with van der Waals surface area (Å²) in [6.45, 7) is 8.14. The van der Waals surface area contributed by atoms with E-state index in [0.29, 0.717) is 0 Å². The second kappa shape index (κ2) is 8.76. The molecule has 0 radical (unpaired) electrons. The van der Waals surface area contributed by atoms with E-state index in [0.717, 1.165) is 33.4 Å². The summed E-state index contributed by atoms with van der Waals surface area (Å²) < 4.78 is 0. The smallest absolute Gasteiger partial charge is 0.194 e. The summed E-state index contributed by atoms with van der Waals surface area (Å²) in [6, 6.07) is 27.4. The molecule has 0 spiro atoms. The van der Waals surface area contributed by atoms with Crippen molar-refractivity contribution in [2.75, 3.05) is 0 Å². The Kier molecular flexibility index (Phi) is 5.87. The number of fused-ring (bicyclic) bond motifs is 3. The molecule has 0 heterocycles. The zero-order valence-corrected chi connectivity index (χ0v) is 18.9. The predicted molar refractivity (Wildman–Crippen MR) is 131 cm³/mol. The number of carbonyl (C=O) groups excluding carboxylic acids is 2. The molecule has 32 heavy (non-hydrogen) atoms. The van der Waals surface area contributed by atoms with Crippen LogP contribution in [0.5, 0.6) is 0 Å². The summed E-state index contributed by atoms with van der Waals surface area (Å²) >= 11 is 0. The number of hydrogen-bond acceptors (Lipinski definition) is 2. The van der Waals surface area contributed by atoms with Gasteiger partial charge in [0.15, 0.2) is 11.6 Å². The van der Waals surface area contributed by atoms with E-state index in [1.165, 1.54) is 22.3 Å². The molecule has 158 valence electrons. The van der Waals surface area contributed by atoms with Crippen molar-refractivity contribution in [3.63, 3.8) is 0 Å². The Morgan fingerprint density at radius 2 is 0.812 bits per heavy atom. The largest absolute Gasteiger partial charge is 0.289 e. The van der Waals surface area contributed by atoms with Gasteiger partial charge in [-0.05, 0) is 38.8 Å².